The van der Waals surface area contributed by atoms with Gasteiger partial charge in [-0.25, -0.2) is 0 Å². The molecule has 1 aliphatic heterocycles. The molecule has 18 heavy (non-hydrogen) atoms. The van der Waals surface area contributed by atoms with Gasteiger partial charge < -0.3 is 30.3 Å². The van der Waals surface area contributed by atoms with E-state index in [0.29, 0.717) is 0 Å². The van der Waals surface area contributed by atoms with Gasteiger partial charge in [0.15, 0.2) is 5.78 Å². The second kappa shape index (κ2) is 4.84. The van der Waals surface area contributed by atoms with E-state index in [2.05, 4.69) is 0 Å². The number of aliphatic hydroxyl groups excluding tert-OH is 4. The second-order valence-corrected chi connectivity index (χ2v) is 5.54. The zero-order valence-corrected chi connectivity index (χ0v) is 10.6. The summed E-state index contributed by atoms with van der Waals surface area (Å²) in [6.07, 6.45) is -6.70. The van der Waals surface area contributed by atoms with Gasteiger partial charge >= 0.3 is 0 Å². The lowest BCUT2D eigenvalue weighted by atomic mass is 9.80. The van der Waals surface area contributed by atoms with Crippen LogP contribution in [0.15, 0.2) is 0 Å². The lowest BCUT2D eigenvalue weighted by molar-refractivity contribution is -0.333. The summed E-state index contributed by atoms with van der Waals surface area (Å²) in [4.78, 5) is 12.1. The highest BCUT2D eigenvalue weighted by Gasteiger charge is 2.58. The Balaban J connectivity index is 3.10. The summed E-state index contributed by atoms with van der Waals surface area (Å²) in [5.74, 6) is -3.49. The maximum absolute atomic E-state index is 12.1. The third kappa shape index (κ3) is 2.42. The summed E-state index contributed by atoms with van der Waals surface area (Å²) in [5.41, 5.74) is -1.03. The Kier molecular flexibility index (Phi) is 4.16. The molecule has 0 aromatic rings. The molecule has 1 rings (SSSR count). The van der Waals surface area contributed by atoms with Gasteiger partial charge in [0.05, 0.1) is 6.61 Å². The maximum Gasteiger partial charge on any atom is 0.257 e. The van der Waals surface area contributed by atoms with Crippen LogP contribution in [0.2, 0.25) is 0 Å². The van der Waals surface area contributed by atoms with Crippen molar-refractivity contribution in [3.8, 4) is 0 Å². The molecule has 1 heterocycles. The highest BCUT2D eigenvalue weighted by Crippen LogP contribution is 2.34. The van der Waals surface area contributed by atoms with E-state index in [1.54, 1.807) is 0 Å². The Hall–Kier alpha value is -0.570. The van der Waals surface area contributed by atoms with E-state index < -0.39 is 48.0 Å². The van der Waals surface area contributed by atoms with Gasteiger partial charge in [-0.05, 0) is 0 Å². The number of carbonyl (C=O) groups excluding carboxylic acids is 1. The van der Waals surface area contributed by atoms with Crippen molar-refractivity contribution in [1.29, 1.82) is 0 Å². The SMILES string of the molecule is CC(C)(C)C(=O)C1(O)O[C@H](CO)[C@@H](O)[C@H](O)[C@H]1O. The molecule has 7 heteroatoms. The molecular weight excluding hydrogens is 244 g/mol. The van der Waals surface area contributed by atoms with Gasteiger partial charge in [0, 0.05) is 5.41 Å². The highest BCUT2D eigenvalue weighted by atomic mass is 16.7. The smallest absolute Gasteiger partial charge is 0.257 e. The molecule has 0 spiro atoms. The minimum Gasteiger partial charge on any atom is -0.394 e. The van der Waals surface area contributed by atoms with Crippen LogP contribution in [0.5, 0.6) is 0 Å². The van der Waals surface area contributed by atoms with Gasteiger partial charge in [0.2, 0.25) is 0 Å². The van der Waals surface area contributed by atoms with Gasteiger partial charge in [-0.1, -0.05) is 20.8 Å². The minimum atomic E-state index is -2.65. The first-order valence-corrected chi connectivity index (χ1v) is 5.66. The normalized spacial score (nSPS) is 41.8. The van der Waals surface area contributed by atoms with E-state index in [9.17, 15) is 25.2 Å². The molecule has 1 saturated heterocycles. The first-order valence-electron chi connectivity index (χ1n) is 5.66. The number of rotatable bonds is 2. The van der Waals surface area contributed by atoms with Crippen LogP contribution in [0.25, 0.3) is 0 Å². The lowest BCUT2D eigenvalue weighted by Gasteiger charge is -2.46. The highest BCUT2D eigenvalue weighted by molar-refractivity contribution is 5.91. The zero-order chi connectivity index (χ0) is 14.3. The fourth-order valence-electron chi connectivity index (χ4n) is 1.88. The number of ketones is 1. The predicted molar refractivity (Wildman–Crippen MR) is 59.4 cm³/mol. The third-order valence-electron chi connectivity index (χ3n) is 2.97. The van der Waals surface area contributed by atoms with Crippen LogP contribution in [0.3, 0.4) is 0 Å². The van der Waals surface area contributed by atoms with E-state index in [1.807, 2.05) is 0 Å². The van der Waals surface area contributed by atoms with Crippen molar-refractivity contribution >= 4 is 5.78 Å². The summed E-state index contributed by atoms with van der Waals surface area (Å²) in [7, 11) is 0. The van der Waals surface area contributed by atoms with Crippen LogP contribution in [-0.2, 0) is 9.53 Å². The van der Waals surface area contributed by atoms with E-state index in [-0.39, 0.29) is 0 Å². The Labute approximate surface area is 105 Å². The number of carbonyl (C=O) groups is 1. The van der Waals surface area contributed by atoms with Crippen LogP contribution in [0.4, 0.5) is 0 Å². The standard InChI is InChI=1S/C11H20O7/c1-10(2,3)9(16)11(17)8(15)7(14)6(13)5(4-12)18-11/h5-8,12-15,17H,4H2,1-3H3/t5-,6-,7+,8-,11?/m1/s1. The van der Waals surface area contributed by atoms with E-state index >= 15 is 0 Å². The summed E-state index contributed by atoms with van der Waals surface area (Å²) in [6.45, 7) is 3.82. The Bertz CT molecular complexity index is 322. The molecule has 5 N–H and O–H groups in total. The average Bonchev–Trinajstić information content (AvgIpc) is 2.29. The molecule has 7 nitrogen and oxygen atoms in total. The molecule has 1 unspecified atom stereocenters. The van der Waals surface area contributed by atoms with Gasteiger partial charge in [-0.15, -0.1) is 0 Å². The van der Waals surface area contributed by atoms with Crippen LogP contribution in [0.1, 0.15) is 20.8 Å². The van der Waals surface area contributed by atoms with E-state index in [0.717, 1.165) is 0 Å². The Morgan fingerprint density at radius 2 is 1.72 bits per heavy atom. The molecule has 0 amide bonds. The monoisotopic (exact) mass is 264 g/mol. The van der Waals surface area contributed by atoms with Crippen molar-refractivity contribution in [2.45, 2.75) is 51.0 Å². The molecule has 1 fully saturated rings. The first-order chi connectivity index (χ1) is 8.05. The van der Waals surface area contributed by atoms with Crippen molar-refractivity contribution in [3.63, 3.8) is 0 Å². The topological polar surface area (TPSA) is 127 Å². The third-order valence-corrected chi connectivity index (χ3v) is 2.97. The van der Waals surface area contributed by atoms with Crippen molar-refractivity contribution in [2.24, 2.45) is 5.41 Å². The largest absolute Gasteiger partial charge is 0.394 e. The molecule has 0 saturated carbocycles. The number of ether oxygens (including phenoxy) is 1. The van der Waals surface area contributed by atoms with Crippen molar-refractivity contribution < 1.29 is 35.1 Å². The van der Waals surface area contributed by atoms with Crippen molar-refractivity contribution in [2.75, 3.05) is 6.61 Å². The molecule has 0 aliphatic carbocycles. The zero-order valence-electron chi connectivity index (χ0n) is 10.6. The van der Waals surface area contributed by atoms with Crippen LogP contribution >= 0.6 is 0 Å². The van der Waals surface area contributed by atoms with Crippen LogP contribution in [0, 0.1) is 5.41 Å². The van der Waals surface area contributed by atoms with Crippen LogP contribution < -0.4 is 0 Å². The molecular formula is C11H20O7. The van der Waals surface area contributed by atoms with Gasteiger partial charge in [0.1, 0.15) is 24.4 Å². The molecule has 0 bridgehead atoms. The fourth-order valence-corrected chi connectivity index (χ4v) is 1.88. The molecule has 0 radical (unpaired) electrons. The predicted octanol–water partition coefficient (Wildman–Crippen LogP) is -2.24. The molecule has 5 atom stereocenters. The summed E-state index contributed by atoms with van der Waals surface area (Å²) in [6, 6.07) is 0. The van der Waals surface area contributed by atoms with Gasteiger partial charge in [-0.2, -0.15) is 0 Å². The lowest BCUT2D eigenvalue weighted by Crippen LogP contribution is -2.69. The minimum absolute atomic E-state index is 0.704. The fraction of sp³-hybridized carbons (Fsp3) is 0.909. The average molecular weight is 264 g/mol. The number of Topliss-reactive ketones (excluding diaryl/α,β-unsaturated/α-hetero) is 1. The van der Waals surface area contributed by atoms with Gasteiger partial charge in [-0.3, -0.25) is 4.79 Å². The van der Waals surface area contributed by atoms with E-state index in [4.69, 9.17) is 9.84 Å². The molecule has 1 aliphatic rings. The van der Waals surface area contributed by atoms with Crippen LogP contribution in [-0.4, -0.2) is 68.1 Å². The maximum atomic E-state index is 12.1. The number of hydrogen-bond acceptors (Lipinski definition) is 7. The summed E-state index contributed by atoms with van der Waals surface area (Å²) < 4.78 is 4.90. The Morgan fingerprint density at radius 1 is 1.22 bits per heavy atom. The number of aliphatic hydroxyl groups is 5. The molecule has 0 aromatic heterocycles. The Morgan fingerprint density at radius 3 is 2.11 bits per heavy atom. The molecule has 0 aromatic carbocycles. The molecule has 106 valence electrons. The van der Waals surface area contributed by atoms with Gasteiger partial charge in [0.25, 0.3) is 5.79 Å². The number of hydrogen-bond donors (Lipinski definition) is 5. The van der Waals surface area contributed by atoms with Crippen molar-refractivity contribution in [3.05, 3.63) is 0 Å². The summed E-state index contributed by atoms with van der Waals surface area (Å²) in [5, 5.41) is 47.9. The second-order valence-electron chi connectivity index (χ2n) is 5.54. The first kappa shape index (κ1) is 15.5. The quantitative estimate of drug-likeness (QED) is 0.381. The van der Waals surface area contributed by atoms with Crippen molar-refractivity contribution in [1.82, 2.24) is 0 Å². The summed E-state index contributed by atoms with van der Waals surface area (Å²) >= 11 is 0. The van der Waals surface area contributed by atoms with E-state index in [1.165, 1.54) is 20.8 Å².